The number of amides is 2. The van der Waals surface area contributed by atoms with Crippen LogP contribution in [0, 0.1) is 0 Å². The van der Waals surface area contributed by atoms with Crippen molar-refractivity contribution in [3.63, 3.8) is 0 Å². The molecule has 0 bridgehead atoms. The molecule has 0 fully saturated rings. The first-order valence-corrected chi connectivity index (χ1v) is 19.7. The van der Waals surface area contributed by atoms with Gasteiger partial charge >= 0.3 is 0 Å². The van der Waals surface area contributed by atoms with Crippen molar-refractivity contribution in [3.05, 3.63) is 127 Å². The molecule has 4 N–H and O–H groups in total. The van der Waals surface area contributed by atoms with Gasteiger partial charge in [0.05, 0.1) is 57.3 Å². The van der Waals surface area contributed by atoms with Crippen LogP contribution < -0.4 is 21.3 Å². The number of nitrogens with one attached hydrogen (secondary N) is 4. The first-order valence-electron chi connectivity index (χ1n) is 19.7. The van der Waals surface area contributed by atoms with E-state index in [1.165, 1.54) is 0 Å². The second-order valence-electron chi connectivity index (χ2n) is 15.0. The van der Waals surface area contributed by atoms with E-state index in [0.717, 1.165) is 74.0 Å². The third-order valence-electron chi connectivity index (χ3n) is 10.2. The molecule has 59 heavy (non-hydrogen) atoms. The van der Waals surface area contributed by atoms with Crippen LogP contribution >= 0.6 is 0 Å². The first-order chi connectivity index (χ1) is 28.7. The zero-order valence-corrected chi connectivity index (χ0v) is 33.7. The molecule has 3 heterocycles. The fourth-order valence-electron chi connectivity index (χ4n) is 7.20. The van der Waals surface area contributed by atoms with E-state index in [9.17, 15) is 9.59 Å². The molecule has 0 spiro atoms. The Morgan fingerprint density at radius 3 is 1.69 bits per heavy atom. The molecule has 2 amide bonds. The van der Waals surface area contributed by atoms with Gasteiger partial charge in [0.2, 0.25) is 0 Å². The summed E-state index contributed by atoms with van der Waals surface area (Å²) < 4.78 is 1.83. The first kappa shape index (κ1) is 38.9. The predicted octanol–water partition coefficient (Wildman–Crippen LogP) is 6.79. The molecule has 0 aliphatic heterocycles. The van der Waals surface area contributed by atoms with Crippen molar-refractivity contribution in [3.8, 4) is 11.3 Å². The van der Waals surface area contributed by atoms with E-state index in [0.29, 0.717) is 48.3 Å². The lowest BCUT2D eigenvalue weighted by atomic mass is 10.0. The second-order valence-corrected chi connectivity index (χ2v) is 15.0. The number of fused-ring (bicyclic) bond motifs is 4. The molecule has 0 aliphatic carbocycles. The predicted molar refractivity (Wildman–Crippen MR) is 238 cm³/mol. The Hall–Kier alpha value is -6.96. The molecule has 0 atom stereocenters. The molecule has 8 aromatic rings. The molecule has 298 valence electrons. The van der Waals surface area contributed by atoms with Gasteiger partial charge in [0.1, 0.15) is 5.69 Å². The van der Waals surface area contributed by atoms with E-state index in [2.05, 4.69) is 31.6 Å². The number of nitrogens with zero attached hydrogens (tertiary/aromatic N) is 7. The molecule has 0 aliphatic rings. The third kappa shape index (κ3) is 8.52. The highest BCUT2D eigenvalue weighted by Gasteiger charge is 2.18. The molecule has 0 saturated carbocycles. The van der Waals surface area contributed by atoms with Gasteiger partial charge in [0, 0.05) is 65.5 Å². The topological polar surface area (TPSA) is 145 Å². The Morgan fingerprint density at radius 2 is 1.12 bits per heavy atom. The number of hydrogen-bond acceptors (Lipinski definition) is 10. The van der Waals surface area contributed by atoms with Gasteiger partial charge in [0.15, 0.2) is 0 Å². The summed E-state index contributed by atoms with van der Waals surface area (Å²) >= 11 is 0. The minimum atomic E-state index is -0.148. The van der Waals surface area contributed by atoms with Crippen LogP contribution in [-0.4, -0.2) is 107 Å². The summed E-state index contributed by atoms with van der Waals surface area (Å²) in [6, 6.07) is 35.5. The van der Waals surface area contributed by atoms with Crippen molar-refractivity contribution < 1.29 is 9.59 Å². The Morgan fingerprint density at radius 1 is 0.593 bits per heavy atom. The summed E-state index contributed by atoms with van der Waals surface area (Å²) in [4.78, 5) is 40.5. The molecule has 0 saturated heterocycles. The van der Waals surface area contributed by atoms with Crippen LogP contribution in [-0.2, 0) is 6.54 Å². The fraction of sp³-hybridized carbons (Fsp3) is 0.217. The van der Waals surface area contributed by atoms with E-state index >= 15 is 0 Å². The van der Waals surface area contributed by atoms with Crippen LogP contribution in [0.15, 0.2) is 115 Å². The maximum atomic E-state index is 13.3. The molecule has 0 unspecified atom stereocenters. The Labute approximate surface area is 342 Å². The van der Waals surface area contributed by atoms with Crippen molar-refractivity contribution in [1.82, 2.24) is 45.4 Å². The summed E-state index contributed by atoms with van der Waals surface area (Å²) in [5.41, 5.74) is 8.37. The number of pyridine rings is 2. The molecule has 5 aromatic carbocycles. The lowest BCUT2D eigenvalue weighted by Crippen LogP contribution is -2.31. The molecular formula is C46H47N11O2. The summed E-state index contributed by atoms with van der Waals surface area (Å²) in [6.45, 7) is 3.71. The summed E-state index contributed by atoms with van der Waals surface area (Å²) in [7, 11) is 7.92. The van der Waals surface area contributed by atoms with Crippen molar-refractivity contribution in [2.75, 3.05) is 71.5 Å². The van der Waals surface area contributed by atoms with Crippen LogP contribution in [0.25, 0.3) is 54.9 Å². The fourth-order valence-corrected chi connectivity index (χ4v) is 7.20. The maximum absolute atomic E-state index is 13.3. The van der Waals surface area contributed by atoms with Crippen LogP contribution in [0.4, 0.5) is 17.1 Å². The van der Waals surface area contributed by atoms with Crippen molar-refractivity contribution >= 4 is 72.5 Å². The summed E-state index contributed by atoms with van der Waals surface area (Å²) in [6.07, 6.45) is 1.94. The lowest BCUT2D eigenvalue weighted by molar-refractivity contribution is 0.0944. The van der Waals surface area contributed by atoms with Crippen molar-refractivity contribution in [2.45, 2.75) is 6.54 Å². The van der Waals surface area contributed by atoms with Crippen LogP contribution in [0.1, 0.15) is 20.7 Å². The normalized spacial score (nSPS) is 11.6. The molecule has 13 heteroatoms. The van der Waals surface area contributed by atoms with Crippen LogP contribution in [0.5, 0.6) is 0 Å². The van der Waals surface area contributed by atoms with Gasteiger partial charge in [-0.3, -0.25) is 14.3 Å². The number of likely N-dealkylation sites (N-methyl/N-ethyl adjacent to an activating group) is 2. The van der Waals surface area contributed by atoms with E-state index < -0.39 is 0 Å². The maximum Gasteiger partial charge on any atom is 0.253 e. The molecule has 13 nitrogen and oxygen atoms in total. The number of benzene rings is 5. The highest BCUT2D eigenvalue weighted by molar-refractivity contribution is 6.15. The summed E-state index contributed by atoms with van der Waals surface area (Å²) in [5, 5.41) is 25.9. The van der Waals surface area contributed by atoms with Gasteiger partial charge in [0.25, 0.3) is 11.8 Å². The zero-order chi connectivity index (χ0) is 40.9. The summed E-state index contributed by atoms with van der Waals surface area (Å²) in [5.74, 6) is -0.291. The second kappa shape index (κ2) is 17.3. The van der Waals surface area contributed by atoms with Gasteiger partial charge < -0.3 is 31.1 Å². The van der Waals surface area contributed by atoms with Gasteiger partial charge in [-0.25, -0.2) is 9.97 Å². The SMILES string of the molecule is CN(C)CCNC(=O)c1cccc2c(NCCn3cc(-c4ccc(Nc5c6ccccc6nc6c(C(=O)NCCN(C)C)cccc56)cc4)nn3)c3ccccc3nc12. The number of aromatic nitrogens is 5. The third-order valence-corrected chi connectivity index (χ3v) is 10.2. The number of hydrogen-bond donors (Lipinski definition) is 4. The van der Waals surface area contributed by atoms with Crippen LogP contribution in [0.3, 0.4) is 0 Å². The monoisotopic (exact) mass is 785 g/mol. The van der Waals surface area contributed by atoms with E-state index in [1.807, 2.05) is 158 Å². The van der Waals surface area contributed by atoms with Crippen LogP contribution in [0.2, 0.25) is 0 Å². The number of carbonyl (C=O) groups excluding carboxylic acids is 2. The zero-order valence-electron chi connectivity index (χ0n) is 33.7. The number of anilines is 3. The number of rotatable bonds is 15. The van der Waals surface area contributed by atoms with Gasteiger partial charge in [-0.15, -0.1) is 5.10 Å². The number of para-hydroxylation sites is 4. The Bertz CT molecular complexity index is 2800. The van der Waals surface area contributed by atoms with Gasteiger partial charge in [-0.1, -0.05) is 78.0 Å². The van der Waals surface area contributed by atoms with Crippen molar-refractivity contribution in [1.29, 1.82) is 0 Å². The van der Waals surface area contributed by atoms with E-state index in [4.69, 9.17) is 9.97 Å². The lowest BCUT2D eigenvalue weighted by Gasteiger charge is -2.16. The Balaban J connectivity index is 0.984. The molecule has 0 radical (unpaired) electrons. The minimum Gasteiger partial charge on any atom is -0.382 e. The smallest absolute Gasteiger partial charge is 0.253 e. The van der Waals surface area contributed by atoms with Gasteiger partial charge in [-0.05, 0) is 64.6 Å². The van der Waals surface area contributed by atoms with Gasteiger partial charge in [-0.2, -0.15) is 0 Å². The molecular weight excluding hydrogens is 739 g/mol. The molecule has 3 aromatic heterocycles. The van der Waals surface area contributed by atoms with E-state index in [1.54, 1.807) is 0 Å². The highest BCUT2D eigenvalue weighted by atomic mass is 16.2. The van der Waals surface area contributed by atoms with E-state index in [-0.39, 0.29) is 11.8 Å². The average Bonchev–Trinajstić information content (AvgIpc) is 3.71. The molecule has 8 rings (SSSR count). The largest absolute Gasteiger partial charge is 0.382 e. The minimum absolute atomic E-state index is 0.143. The van der Waals surface area contributed by atoms with Crippen molar-refractivity contribution in [2.24, 2.45) is 0 Å². The quantitative estimate of drug-likeness (QED) is 0.0821. The highest BCUT2D eigenvalue weighted by Crippen LogP contribution is 2.35. The number of carbonyl (C=O) groups is 2. The average molecular weight is 786 g/mol. The Kier molecular flexibility index (Phi) is 11.4. The standard InChI is InChI=1S/C46H47N11O2/c1-55(2)26-23-48-45(58)36-15-9-13-34-41(32-11-5-7-17-38(32)51-43(34)36)47-25-28-57-29-40(53-54-57)30-19-21-31(22-20-30)50-42-33-12-6-8-18-39(33)52-44-35(42)14-10-16-37(44)46(59)49-24-27-56(3)4/h5-22,29H,23-28H2,1-4H3,(H,47,51)(H,48,58)(H,49,59)(H,50,52).